The van der Waals surface area contributed by atoms with Crippen molar-refractivity contribution < 1.29 is 23.9 Å². The van der Waals surface area contributed by atoms with Crippen LogP contribution in [0.25, 0.3) is 0 Å². The highest BCUT2D eigenvalue weighted by molar-refractivity contribution is 6.55. The number of ether oxygens (including phenoxy) is 1. The molecule has 0 aromatic heterocycles. The summed E-state index contributed by atoms with van der Waals surface area (Å²) < 4.78 is 4.94. The smallest absolute Gasteiger partial charge is 0.308 e. The molecule has 0 saturated heterocycles. The first kappa shape index (κ1) is 24.3. The van der Waals surface area contributed by atoms with Crippen LogP contribution < -0.4 is 5.32 Å². The maximum absolute atomic E-state index is 12.6. The average molecular weight is 518 g/mol. The zero-order valence-electron chi connectivity index (χ0n) is 16.9. The van der Waals surface area contributed by atoms with Gasteiger partial charge < -0.3 is 10.1 Å². The zero-order valence-corrected chi connectivity index (χ0v) is 19.9. The molecule has 1 heterocycles. The summed E-state index contributed by atoms with van der Waals surface area (Å²) in [5.74, 6) is -2.80. The number of aryl methyl sites for hydroxylation is 1. The maximum atomic E-state index is 12.6. The van der Waals surface area contributed by atoms with Crippen molar-refractivity contribution in [3.05, 3.63) is 60.5 Å². The van der Waals surface area contributed by atoms with E-state index >= 15 is 0 Å². The molecular weight excluding hydrogens is 502 g/mol. The van der Waals surface area contributed by atoms with E-state index in [0.29, 0.717) is 5.69 Å². The van der Waals surface area contributed by atoms with Crippen molar-refractivity contribution in [2.45, 2.75) is 20.3 Å². The SMILES string of the molecule is Cc1cccc(NC(=O)COC(=O)CCN2C(=O)c3c(Cl)c(Cl)c(Cl)c(Cl)c3C2=O)c1C. The first-order valence-electron chi connectivity index (χ1n) is 9.28. The van der Waals surface area contributed by atoms with Crippen LogP contribution in [0.1, 0.15) is 38.3 Å². The Kier molecular flexibility index (Phi) is 7.35. The highest BCUT2D eigenvalue weighted by Gasteiger charge is 2.41. The van der Waals surface area contributed by atoms with Gasteiger partial charge in [0.15, 0.2) is 6.61 Å². The number of amides is 3. The van der Waals surface area contributed by atoms with E-state index in [1.54, 1.807) is 12.1 Å². The van der Waals surface area contributed by atoms with Gasteiger partial charge in [0.2, 0.25) is 0 Å². The normalized spacial score (nSPS) is 12.8. The number of hydrogen-bond acceptors (Lipinski definition) is 5. The van der Waals surface area contributed by atoms with E-state index in [1.807, 2.05) is 19.9 Å². The number of anilines is 1. The predicted molar refractivity (Wildman–Crippen MR) is 122 cm³/mol. The third-order valence-corrected chi connectivity index (χ3v) is 6.77. The first-order valence-corrected chi connectivity index (χ1v) is 10.8. The molecule has 0 atom stereocenters. The molecule has 2 aromatic rings. The van der Waals surface area contributed by atoms with Gasteiger partial charge in [0.1, 0.15) is 0 Å². The fourth-order valence-electron chi connectivity index (χ4n) is 3.09. The summed E-state index contributed by atoms with van der Waals surface area (Å²) in [7, 11) is 0. The van der Waals surface area contributed by atoms with Crippen molar-refractivity contribution in [3.63, 3.8) is 0 Å². The van der Waals surface area contributed by atoms with E-state index in [9.17, 15) is 19.2 Å². The number of hydrogen-bond donors (Lipinski definition) is 1. The largest absolute Gasteiger partial charge is 0.456 e. The molecule has 0 radical (unpaired) electrons. The fraction of sp³-hybridized carbons (Fsp3) is 0.238. The highest BCUT2D eigenvalue weighted by Crippen LogP contribution is 2.44. The molecule has 0 saturated carbocycles. The molecule has 0 bridgehead atoms. The van der Waals surface area contributed by atoms with Crippen LogP contribution in [0.3, 0.4) is 0 Å². The van der Waals surface area contributed by atoms with Crippen molar-refractivity contribution in [1.82, 2.24) is 4.90 Å². The van der Waals surface area contributed by atoms with Crippen molar-refractivity contribution >= 4 is 75.8 Å². The van der Waals surface area contributed by atoms with E-state index in [4.69, 9.17) is 51.1 Å². The Hall–Kier alpha value is -2.32. The lowest BCUT2D eigenvalue weighted by atomic mass is 10.1. The van der Waals surface area contributed by atoms with Crippen LogP contribution >= 0.6 is 46.4 Å². The van der Waals surface area contributed by atoms with Gasteiger partial charge >= 0.3 is 5.97 Å². The highest BCUT2D eigenvalue weighted by atomic mass is 35.5. The van der Waals surface area contributed by atoms with Crippen molar-refractivity contribution in [3.8, 4) is 0 Å². The molecule has 0 aliphatic carbocycles. The molecule has 1 N–H and O–H groups in total. The fourth-order valence-corrected chi connectivity index (χ4v) is 4.11. The number of nitrogens with zero attached hydrogens (tertiary/aromatic N) is 1. The second kappa shape index (κ2) is 9.67. The Morgan fingerprint density at radius 3 is 2.06 bits per heavy atom. The van der Waals surface area contributed by atoms with E-state index in [0.717, 1.165) is 16.0 Å². The van der Waals surface area contributed by atoms with Crippen LogP contribution in [0.15, 0.2) is 18.2 Å². The third-order valence-electron chi connectivity index (χ3n) is 4.97. The maximum Gasteiger partial charge on any atom is 0.308 e. The van der Waals surface area contributed by atoms with Crippen LogP contribution in [0.4, 0.5) is 5.69 Å². The van der Waals surface area contributed by atoms with Crippen LogP contribution in [0, 0.1) is 13.8 Å². The summed E-state index contributed by atoms with van der Waals surface area (Å²) in [6, 6.07) is 5.44. The topological polar surface area (TPSA) is 92.8 Å². The van der Waals surface area contributed by atoms with Gasteiger partial charge in [-0.3, -0.25) is 24.1 Å². The molecule has 3 amide bonds. The van der Waals surface area contributed by atoms with Gasteiger partial charge in [-0.15, -0.1) is 0 Å². The Bertz CT molecular complexity index is 1120. The lowest BCUT2D eigenvalue weighted by Crippen LogP contribution is -2.32. The number of fused-ring (bicyclic) bond motifs is 1. The summed E-state index contributed by atoms with van der Waals surface area (Å²) >= 11 is 24.0. The van der Waals surface area contributed by atoms with E-state index < -0.39 is 30.3 Å². The van der Waals surface area contributed by atoms with Gasteiger partial charge in [-0.2, -0.15) is 0 Å². The minimum Gasteiger partial charge on any atom is -0.456 e. The number of esters is 1. The summed E-state index contributed by atoms with van der Waals surface area (Å²) in [4.78, 5) is 50.2. The van der Waals surface area contributed by atoms with E-state index in [-0.39, 0.29) is 44.2 Å². The summed E-state index contributed by atoms with van der Waals surface area (Å²) in [6.45, 7) is 2.95. The molecule has 1 aliphatic heterocycles. The molecule has 168 valence electrons. The Morgan fingerprint density at radius 1 is 0.938 bits per heavy atom. The predicted octanol–water partition coefficient (Wildman–Crippen LogP) is 5.09. The van der Waals surface area contributed by atoms with Gasteiger partial charge in [-0.05, 0) is 31.0 Å². The second-order valence-electron chi connectivity index (χ2n) is 6.97. The van der Waals surface area contributed by atoms with Crippen molar-refractivity contribution in [2.24, 2.45) is 0 Å². The molecule has 7 nitrogen and oxygen atoms in total. The molecule has 3 rings (SSSR count). The van der Waals surface area contributed by atoms with E-state index in [1.165, 1.54) is 0 Å². The van der Waals surface area contributed by atoms with Crippen molar-refractivity contribution in [2.75, 3.05) is 18.5 Å². The van der Waals surface area contributed by atoms with Crippen LogP contribution in [-0.4, -0.2) is 41.7 Å². The monoisotopic (exact) mass is 516 g/mol. The van der Waals surface area contributed by atoms with Gasteiger partial charge in [0.05, 0.1) is 37.6 Å². The number of carbonyl (C=O) groups is 4. The number of imide groups is 1. The standard InChI is InChI=1S/C21H16Cl4N2O5/c1-9-4-3-5-11(10(9)2)26-12(28)8-32-13(29)6-7-27-20(30)14-15(21(27)31)17(23)19(25)18(24)16(14)22/h3-5H,6-8H2,1-2H3,(H,26,28). The van der Waals surface area contributed by atoms with Crippen molar-refractivity contribution in [1.29, 1.82) is 0 Å². The number of nitrogens with one attached hydrogen (secondary N) is 1. The average Bonchev–Trinajstić information content (AvgIpc) is 3.00. The Morgan fingerprint density at radius 2 is 1.50 bits per heavy atom. The number of halogens is 4. The van der Waals surface area contributed by atoms with E-state index in [2.05, 4.69) is 5.32 Å². The lowest BCUT2D eigenvalue weighted by Gasteiger charge is -2.13. The summed E-state index contributed by atoms with van der Waals surface area (Å²) in [5, 5.41) is 1.99. The minimum absolute atomic E-state index is 0.144. The molecule has 0 unspecified atom stereocenters. The number of carbonyl (C=O) groups excluding carboxylic acids is 4. The molecule has 0 fully saturated rings. The number of benzene rings is 2. The first-order chi connectivity index (χ1) is 15.0. The minimum atomic E-state index is -0.772. The summed E-state index contributed by atoms with van der Waals surface area (Å²) in [5.41, 5.74) is 2.18. The zero-order chi connectivity index (χ0) is 23.7. The van der Waals surface area contributed by atoms with Crippen LogP contribution in [-0.2, 0) is 14.3 Å². The van der Waals surface area contributed by atoms with Crippen LogP contribution in [0.5, 0.6) is 0 Å². The molecule has 1 aliphatic rings. The summed E-state index contributed by atoms with van der Waals surface area (Å²) in [6.07, 6.45) is -0.334. The van der Waals surface area contributed by atoms with Gasteiger partial charge in [0, 0.05) is 12.2 Å². The van der Waals surface area contributed by atoms with Gasteiger partial charge in [-0.25, -0.2) is 0 Å². The number of rotatable bonds is 6. The molecule has 11 heteroatoms. The molecule has 32 heavy (non-hydrogen) atoms. The second-order valence-corrected chi connectivity index (χ2v) is 8.49. The quantitative estimate of drug-likeness (QED) is 0.249. The van der Waals surface area contributed by atoms with Gasteiger partial charge in [0.25, 0.3) is 17.7 Å². The third kappa shape index (κ3) is 4.57. The van der Waals surface area contributed by atoms with Crippen LogP contribution in [0.2, 0.25) is 20.1 Å². The Balaban J connectivity index is 1.58. The molecular formula is C21H16Cl4N2O5. The Labute approximate surface area is 203 Å². The molecule has 0 spiro atoms. The lowest BCUT2D eigenvalue weighted by molar-refractivity contribution is -0.147. The van der Waals surface area contributed by atoms with Gasteiger partial charge in [-0.1, -0.05) is 58.5 Å². The molecule has 2 aromatic carbocycles.